The highest BCUT2D eigenvalue weighted by molar-refractivity contribution is 7.09. The van der Waals surface area contributed by atoms with Gasteiger partial charge in [0.2, 0.25) is 5.51 Å². The minimum Gasteiger partial charge on any atom is -1.00 e. The summed E-state index contributed by atoms with van der Waals surface area (Å²) in [6.45, 7) is 10.6. The largest absolute Gasteiger partial charge is 1.00 e. The highest BCUT2D eigenvalue weighted by Crippen LogP contribution is 2.25. The van der Waals surface area contributed by atoms with E-state index in [2.05, 4.69) is 67.5 Å². The molecule has 0 bridgehead atoms. The quantitative estimate of drug-likeness (QED) is 0.128. The zero-order valence-corrected chi connectivity index (χ0v) is 28.2. The van der Waals surface area contributed by atoms with E-state index in [9.17, 15) is 4.79 Å². The van der Waals surface area contributed by atoms with Crippen molar-refractivity contribution in [3.63, 3.8) is 0 Å². The number of nitrogens with zero attached hydrogens (tertiary/aromatic N) is 1. The normalized spacial score (nSPS) is 10.8. The fourth-order valence-electron chi connectivity index (χ4n) is 5.32. The molecule has 2 aromatic carbocycles. The molecule has 0 spiro atoms. The Morgan fingerprint density at radius 1 is 0.829 bits per heavy atom. The SMILES string of the molecule is CCCCCCCCCCCCCCOc1c(C)cc(CNC(=O)c2cccc(C[n+]3csc(C)c3)c2)cc1C.[Br-]. The van der Waals surface area contributed by atoms with Gasteiger partial charge in [-0.15, -0.1) is 0 Å². The lowest BCUT2D eigenvalue weighted by atomic mass is 10.0. The number of ether oxygens (including phenoxy) is 1. The van der Waals surface area contributed by atoms with Crippen molar-refractivity contribution in [3.8, 4) is 5.75 Å². The van der Waals surface area contributed by atoms with E-state index in [1.54, 1.807) is 11.3 Å². The molecule has 0 aliphatic carbocycles. The maximum absolute atomic E-state index is 12.9. The highest BCUT2D eigenvalue weighted by Gasteiger charge is 2.11. The number of thiazole rings is 1. The number of aryl methyl sites for hydroxylation is 3. The van der Waals surface area contributed by atoms with E-state index in [-0.39, 0.29) is 22.9 Å². The van der Waals surface area contributed by atoms with Crippen LogP contribution < -0.4 is 31.6 Å². The van der Waals surface area contributed by atoms with Gasteiger partial charge in [0, 0.05) is 17.7 Å². The fourth-order valence-corrected chi connectivity index (χ4v) is 5.95. The highest BCUT2D eigenvalue weighted by atomic mass is 79.9. The van der Waals surface area contributed by atoms with E-state index >= 15 is 0 Å². The Hall–Kier alpha value is -2.18. The summed E-state index contributed by atoms with van der Waals surface area (Å²) in [5.74, 6) is 0.947. The van der Waals surface area contributed by atoms with Gasteiger partial charge in [-0.2, -0.15) is 4.57 Å². The van der Waals surface area contributed by atoms with Gasteiger partial charge in [0.05, 0.1) is 11.5 Å². The Labute approximate surface area is 263 Å². The van der Waals surface area contributed by atoms with Gasteiger partial charge in [0.15, 0.2) is 12.7 Å². The van der Waals surface area contributed by atoms with Gasteiger partial charge in [-0.3, -0.25) is 4.79 Å². The minimum atomic E-state index is -0.0454. The molecule has 226 valence electrons. The summed E-state index contributed by atoms with van der Waals surface area (Å²) in [6, 6.07) is 12.2. The van der Waals surface area contributed by atoms with Crippen LogP contribution in [0.15, 0.2) is 48.1 Å². The number of benzene rings is 2. The van der Waals surface area contributed by atoms with Gasteiger partial charge in [0.25, 0.3) is 5.91 Å². The van der Waals surface area contributed by atoms with E-state index in [0.717, 1.165) is 47.6 Å². The third-order valence-electron chi connectivity index (χ3n) is 7.49. The number of amides is 1. The molecule has 0 aliphatic heterocycles. The Balaban J connectivity index is 0.00000588. The predicted octanol–water partition coefficient (Wildman–Crippen LogP) is 6.02. The number of nitrogens with one attached hydrogen (secondary N) is 1. The Morgan fingerprint density at radius 3 is 2.02 bits per heavy atom. The van der Waals surface area contributed by atoms with Crippen LogP contribution in [0.4, 0.5) is 0 Å². The van der Waals surface area contributed by atoms with Crippen molar-refractivity contribution < 1.29 is 31.1 Å². The lowest BCUT2D eigenvalue weighted by Gasteiger charge is -2.15. The number of carbonyl (C=O) groups is 1. The maximum Gasteiger partial charge on any atom is 0.251 e. The third-order valence-corrected chi connectivity index (χ3v) is 8.35. The van der Waals surface area contributed by atoms with Gasteiger partial charge >= 0.3 is 0 Å². The molecule has 1 amide bonds. The van der Waals surface area contributed by atoms with Crippen LogP contribution in [0.5, 0.6) is 5.75 Å². The molecular formula is C35H51BrN2O2S. The summed E-state index contributed by atoms with van der Waals surface area (Å²) in [4.78, 5) is 14.2. The lowest BCUT2D eigenvalue weighted by Crippen LogP contribution is -3.00. The van der Waals surface area contributed by atoms with E-state index in [1.165, 1.54) is 75.5 Å². The first-order chi connectivity index (χ1) is 19.5. The van der Waals surface area contributed by atoms with E-state index in [0.29, 0.717) is 12.1 Å². The van der Waals surface area contributed by atoms with Crippen molar-refractivity contribution in [2.45, 2.75) is 118 Å². The third kappa shape index (κ3) is 13.1. The summed E-state index contributed by atoms with van der Waals surface area (Å²) in [7, 11) is 0. The first-order valence-corrected chi connectivity index (χ1v) is 16.4. The molecular weight excluding hydrogens is 592 g/mol. The van der Waals surface area contributed by atoms with Gasteiger partial charge in [-0.05, 0) is 56.0 Å². The van der Waals surface area contributed by atoms with Crippen LogP contribution in [0.25, 0.3) is 0 Å². The second kappa shape index (κ2) is 19.9. The Morgan fingerprint density at radius 2 is 1.44 bits per heavy atom. The van der Waals surface area contributed by atoms with Crippen LogP contribution in [-0.2, 0) is 13.1 Å². The molecule has 1 aromatic heterocycles. The number of unbranched alkanes of at least 4 members (excludes halogenated alkanes) is 11. The number of hydrogen-bond acceptors (Lipinski definition) is 3. The van der Waals surface area contributed by atoms with Crippen molar-refractivity contribution in [1.29, 1.82) is 0 Å². The summed E-state index contributed by atoms with van der Waals surface area (Å²) < 4.78 is 8.34. The molecule has 0 atom stereocenters. The molecule has 1 heterocycles. The first-order valence-electron chi connectivity index (χ1n) is 15.5. The predicted molar refractivity (Wildman–Crippen MR) is 168 cm³/mol. The standard InChI is InChI=1S/C35H50N2O2S.BrH/c1-5-6-7-8-9-10-11-12-13-14-15-16-20-39-34-28(2)21-32(22-29(34)3)24-36-35(38)33-19-17-18-31(23-33)26-37-25-30(4)40-27-37;/h17-19,21-23,25,27H,5-16,20,24,26H2,1-4H3;1H. The molecule has 3 rings (SSSR count). The van der Waals surface area contributed by atoms with Crippen LogP contribution in [0.2, 0.25) is 0 Å². The summed E-state index contributed by atoms with van der Waals surface area (Å²) in [5, 5.41) is 3.10. The Kier molecular flexibility index (Phi) is 17.0. The van der Waals surface area contributed by atoms with Crippen molar-refractivity contribution in [3.05, 3.63) is 80.8 Å². The average Bonchev–Trinajstić information content (AvgIpc) is 3.35. The van der Waals surface area contributed by atoms with Gasteiger partial charge in [-0.1, -0.05) is 113 Å². The number of aromatic nitrogens is 1. The molecule has 0 unspecified atom stereocenters. The number of halogens is 1. The average molecular weight is 644 g/mol. The molecule has 6 heteroatoms. The van der Waals surface area contributed by atoms with Crippen molar-refractivity contribution in [2.75, 3.05) is 6.61 Å². The molecule has 4 nitrogen and oxygen atoms in total. The topological polar surface area (TPSA) is 42.2 Å². The molecule has 3 aromatic rings. The van der Waals surface area contributed by atoms with E-state index < -0.39 is 0 Å². The van der Waals surface area contributed by atoms with E-state index in [4.69, 9.17) is 4.74 Å². The second-order valence-corrected chi connectivity index (χ2v) is 12.4. The smallest absolute Gasteiger partial charge is 0.251 e. The molecule has 1 N–H and O–H groups in total. The number of carbonyl (C=O) groups excluding carboxylic acids is 1. The van der Waals surface area contributed by atoms with Crippen molar-refractivity contribution in [1.82, 2.24) is 5.32 Å². The van der Waals surface area contributed by atoms with E-state index in [1.807, 2.05) is 18.2 Å². The van der Waals surface area contributed by atoms with Crippen LogP contribution in [-0.4, -0.2) is 12.5 Å². The molecule has 41 heavy (non-hydrogen) atoms. The Bertz CT molecular complexity index is 1150. The molecule has 0 fully saturated rings. The zero-order chi connectivity index (χ0) is 28.6. The monoisotopic (exact) mass is 642 g/mol. The van der Waals surface area contributed by atoms with Crippen LogP contribution >= 0.6 is 11.3 Å². The second-order valence-electron chi connectivity index (χ2n) is 11.3. The molecule has 0 saturated heterocycles. The summed E-state index contributed by atoms with van der Waals surface area (Å²) in [5.41, 5.74) is 7.29. The van der Waals surface area contributed by atoms with Crippen molar-refractivity contribution in [2.24, 2.45) is 0 Å². The molecule has 0 radical (unpaired) electrons. The van der Waals surface area contributed by atoms with Crippen LogP contribution in [0, 0.1) is 20.8 Å². The minimum absolute atomic E-state index is 0. The fraction of sp³-hybridized carbons (Fsp3) is 0.543. The summed E-state index contributed by atoms with van der Waals surface area (Å²) >= 11 is 1.73. The van der Waals surface area contributed by atoms with Crippen LogP contribution in [0.3, 0.4) is 0 Å². The summed E-state index contributed by atoms with van der Waals surface area (Å²) in [6.07, 6.45) is 18.3. The van der Waals surface area contributed by atoms with Crippen molar-refractivity contribution >= 4 is 17.2 Å². The van der Waals surface area contributed by atoms with Crippen LogP contribution in [0.1, 0.15) is 121 Å². The van der Waals surface area contributed by atoms with Gasteiger partial charge < -0.3 is 27.0 Å². The van der Waals surface area contributed by atoms with Gasteiger partial charge in [0.1, 0.15) is 5.75 Å². The molecule has 0 saturated carbocycles. The number of rotatable bonds is 19. The molecule has 0 aliphatic rings. The lowest BCUT2D eigenvalue weighted by molar-refractivity contribution is -0.683. The number of hydrogen-bond donors (Lipinski definition) is 1. The maximum atomic E-state index is 12.9. The van der Waals surface area contributed by atoms with Gasteiger partial charge in [-0.25, -0.2) is 0 Å². The zero-order valence-electron chi connectivity index (χ0n) is 25.8. The first kappa shape index (κ1) is 35.0.